The van der Waals surface area contributed by atoms with Crippen LogP contribution in [-0.2, 0) is 27.4 Å². The molecular formula is C18H16F4N2O3S2. The van der Waals surface area contributed by atoms with Gasteiger partial charge in [0.05, 0.1) is 16.2 Å². The molecule has 3 rings (SSSR count). The average molecular weight is 448 g/mol. The number of alkyl halides is 3. The van der Waals surface area contributed by atoms with E-state index in [0.29, 0.717) is 12.5 Å². The Labute approximate surface area is 168 Å². The average Bonchev–Trinajstić information content (AvgIpc) is 2.99. The molecule has 2 N–H and O–H groups in total. The van der Waals surface area contributed by atoms with Gasteiger partial charge in [-0.05, 0) is 41.8 Å². The number of primary sulfonamides is 1. The molecule has 2 aromatic carbocycles. The van der Waals surface area contributed by atoms with Crippen molar-refractivity contribution in [3.8, 4) is 0 Å². The topological polar surface area (TPSA) is 80.5 Å². The van der Waals surface area contributed by atoms with Gasteiger partial charge >= 0.3 is 6.18 Å². The van der Waals surface area contributed by atoms with Crippen LogP contribution < -0.4 is 5.14 Å². The van der Waals surface area contributed by atoms with Gasteiger partial charge in [0.2, 0.25) is 15.9 Å². The molecule has 1 saturated heterocycles. The first-order valence-electron chi connectivity index (χ1n) is 8.36. The Balaban J connectivity index is 1.75. The molecule has 1 aliphatic heterocycles. The minimum Gasteiger partial charge on any atom is -0.325 e. The molecule has 1 unspecified atom stereocenters. The molecule has 1 atom stereocenters. The molecule has 29 heavy (non-hydrogen) atoms. The molecule has 0 radical (unpaired) electrons. The molecule has 2 aromatic rings. The standard InChI is InChI=1S/C18H16F4N2O3S2/c19-15-9-12(3-6-14(15)18(20,21)22)17-24(16(25)10-28-17)8-7-11-1-4-13(5-2-11)29(23,26)27/h1-6,9,17H,7-8,10H2,(H2,23,26,27). The fourth-order valence-corrected chi connectivity index (χ4v) is 4.71. The molecule has 5 nitrogen and oxygen atoms in total. The molecule has 1 fully saturated rings. The lowest BCUT2D eigenvalue weighted by atomic mass is 10.1. The van der Waals surface area contributed by atoms with Gasteiger partial charge in [-0.3, -0.25) is 4.79 Å². The highest BCUT2D eigenvalue weighted by atomic mass is 32.2. The molecule has 1 aliphatic rings. The van der Waals surface area contributed by atoms with E-state index in [-0.39, 0.29) is 28.7 Å². The van der Waals surface area contributed by atoms with Gasteiger partial charge < -0.3 is 4.90 Å². The van der Waals surface area contributed by atoms with E-state index in [0.717, 1.165) is 11.6 Å². The Kier molecular flexibility index (Phi) is 5.93. The Morgan fingerprint density at radius 2 is 1.79 bits per heavy atom. The predicted molar refractivity (Wildman–Crippen MR) is 99.8 cm³/mol. The minimum atomic E-state index is -4.79. The van der Waals surface area contributed by atoms with E-state index in [2.05, 4.69) is 0 Å². The van der Waals surface area contributed by atoms with Crippen LogP contribution in [0.1, 0.15) is 22.1 Å². The number of nitrogens with two attached hydrogens (primary N) is 1. The number of amides is 1. The summed E-state index contributed by atoms with van der Waals surface area (Å²) in [6.45, 7) is 0.244. The first-order valence-corrected chi connectivity index (χ1v) is 11.0. The second-order valence-corrected chi connectivity index (χ2v) is 9.06. The maximum absolute atomic E-state index is 13.9. The van der Waals surface area contributed by atoms with Crippen molar-refractivity contribution in [2.24, 2.45) is 5.14 Å². The Morgan fingerprint density at radius 1 is 1.14 bits per heavy atom. The van der Waals surface area contributed by atoms with Gasteiger partial charge in [-0.1, -0.05) is 18.2 Å². The van der Waals surface area contributed by atoms with Crippen molar-refractivity contribution in [3.05, 3.63) is 65.0 Å². The quantitative estimate of drug-likeness (QED) is 0.712. The van der Waals surface area contributed by atoms with Gasteiger partial charge in [0.15, 0.2) is 0 Å². The maximum Gasteiger partial charge on any atom is 0.419 e. The number of hydrogen-bond donors (Lipinski definition) is 1. The van der Waals surface area contributed by atoms with Crippen molar-refractivity contribution in [2.45, 2.75) is 22.9 Å². The molecule has 0 saturated carbocycles. The maximum atomic E-state index is 13.9. The summed E-state index contributed by atoms with van der Waals surface area (Å²) in [5, 5.41) is 4.45. The predicted octanol–water partition coefficient (Wildman–Crippen LogP) is 3.31. The van der Waals surface area contributed by atoms with Crippen molar-refractivity contribution in [3.63, 3.8) is 0 Å². The number of thioether (sulfide) groups is 1. The van der Waals surface area contributed by atoms with E-state index >= 15 is 0 Å². The minimum absolute atomic E-state index is 0.0350. The van der Waals surface area contributed by atoms with Crippen LogP contribution in [0.2, 0.25) is 0 Å². The van der Waals surface area contributed by atoms with Gasteiger partial charge in [0, 0.05) is 6.54 Å². The van der Waals surface area contributed by atoms with Gasteiger partial charge in [0.1, 0.15) is 11.2 Å². The number of carbonyl (C=O) groups is 1. The number of nitrogens with zero attached hydrogens (tertiary/aromatic N) is 1. The van der Waals surface area contributed by atoms with Crippen molar-refractivity contribution in [1.82, 2.24) is 4.90 Å². The Hall–Kier alpha value is -2.11. The Bertz CT molecular complexity index is 1020. The molecule has 0 aliphatic carbocycles. The first-order chi connectivity index (χ1) is 13.5. The summed E-state index contributed by atoms with van der Waals surface area (Å²) >= 11 is 1.21. The molecule has 0 bridgehead atoms. The van der Waals surface area contributed by atoms with E-state index in [4.69, 9.17) is 5.14 Å². The second-order valence-electron chi connectivity index (χ2n) is 6.43. The van der Waals surface area contributed by atoms with Crippen LogP contribution in [0.4, 0.5) is 17.6 Å². The van der Waals surface area contributed by atoms with Crippen molar-refractivity contribution in [1.29, 1.82) is 0 Å². The largest absolute Gasteiger partial charge is 0.419 e. The normalized spacial score (nSPS) is 17.8. The van der Waals surface area contributed by atoms with Crippen LogP contribution in [0.15, 0.2) is 47.4 Å². The zero-order valence-corrected chi connectivity index (χ0v) is 16.5. The monoisotopic (exact) mass is 448 g/mol. The third kappa shape index (κ3) is 4.90. The zero-order chi connectivity index (χ0) is 21.4. The highest BCUT2D eigenvalue weighted by molar-refractivity contribution is 8.00. The summed E-state index contributed by atoms with van der Waals surface area (Å²) in [7, 11) is -3.81. The third-order valence-electron chi connectivity index (χ3n) is 4.45. The Morgan fingerprint density at radius 3 is 2.34 bits per heavy atom. The smallest absolute Gasteiger partial charge is 0.325 e. The zero-order valence-electron chi connectivity index (χ0n) is 14.8. The van der Waals surface area contributed by atoms with Gasteiger partial charge in [-0.25, -0.2) is 17.9 Å². The van der Waals surface area contributed by atoms with E-state index in [1.165, 1.54) is 34.9 Å². The van der Waals surface area contributed by atoms with Crippen molar-refractivity contribution in [2.75, 3.05) is 12.3 Å². The first kappa shape index (κ1) is 21.6. The summed E-state index contributed by atoms with van der Waals surface area (Å²) in [6.07, 6.45) is -4.40. The van der Waals surface area contributed by atoms with Crippen LogP contribution in [0.3, 0.4) is 0 Å². The number of halogens is 4. The van der Waals surface area contributed by atoms with Crippen LogP contribution in [0, 0.1) is 5.82 Å². The third-order valence-corrected chi connectivity index (χ3v) is 6.63. The number of carbonyl (C=O) groups excluding carboxylic acids is 1. The molecule has 0 spiro atoms. The van der Waals surface area contributed by atoms with Gasteiger partial charge in [-0.15, -0.1) is 11.8 Å². The SMILES string of the molecule is NS(=O)(=O)c1ccc(CCN2C(=O)CSC2c2ccc(C(F)(F)F)c(F)c2)cc1. The number of sulfonamides is 1. The fraction of sp³-hybridized carbons (Fsp3) is 0.278. The summed E-state index contributed by atoms with van der Waals surface area (Å²) in [4.78, 5) is 13.6. The van der Waals surface area contributed by atoms with Crippen LogP contribution in [0.25, 0.3) is 0 Å². The summed E-state index contributed by atoms with van der Waals surface area (Å²) in [5.41, 5.74) is -0.326. The fourth-order valence-electron chi connectivity index (χ4n) is 2.98. The summed E-state index contributed by atoms with van der Waals surface area (Å²) in [5.74, 6) is -1.45. The lowest BCUT2D eigenvalue weighted by molar-refractivity contribution is -0.140. The highest BCUT2D eigenvalue weighted by Gasteiger charge is 2.36. The van der Waals surface area contributed by atoms with E-state index < -0.39 is 33.0 Å². The van der Waals surface area contributed by atoms with E-state index in [1.807, 2.05) is 0 Å². The molecule has 1 heterocycles. The molecular weight excluding hydrogens is 432 g/mol. The van der Waals surface area contributed by atoms with Gasteiger partial charge in [-0.2, -0.15) is 13.2 Å². The van der Waals surface area contributed by atoms with E-state index in [1.54, 1.807) is 12.1 Å². The summed E-state index contributed by atoms with van der Waals surface area (Å²) < 4.78 is 74.7. The second kappa shape index (κ2) is 7.96. The van der Waals surface area contributed by atoms with Crippen molar-refractivity contribution >= 4 is 27.7 Å². The number of rotatable bonds is 5. The summed E-state index contributed by atoms with van der Waals surface area (Å²) in [6, 6.07) is 8.52. The van der Waals surface area contributed by atoms with Crippen LogP contribution in [0.5, 0.6) is 0 Å². The lowest BCUT2D eigenvalue weighted by Crippen LogP contribution is -2.30. The van der Waals surface area contributed by atoms with E-state index in [9.17, 15) is 30.8 Å². The van der Waals surface area contributed by atoms with Gasteiger partial charge in [0.25, 0.3) is 0 Å². The number of hydrogen-bond acceptors (Lipinski definition) is 4. The van der Waals surface area contributed by atoms with Crippen LogP contribution in [-0.4, -0.2) is 31.5 Å². The molecule has 0 aromatic heterocycles. The molecule has 156 valence electrons. The molecule has 11 heteroatoms. The molecule has 1 amide bonds. The van der Waals surface area contributed by atoms with Crippen molar-refractivity contribution < 1.29 is 30.8 Å². The lowest BCUT2D eigenvalue weighted by Gasteiger charge is -2.24. The highest BCUT2D eigenvalue weighted by Crippen LogP contribution is 2.40. The number of benzene rings is 2. The van der Waals surface area contributed by atoms with Crippen LogP contribution >= 0.6 is 11.8 Å².